The molecule has 0 radical (unpaired) electrons. The molecule has 0 saturated heterocycles. The fourth-order valence-electron chi connectivity index (χ4n) is 1.34. The average Bonchev–Trinajstić information content (AvgIpc) is 2.66. The molecule has 1 heterocycles. The van der Waals surface area contributed by atoms with E-state index in [1.165, 1.54) is 30.0 Å². The van der Waals surface area contributed by atoms with Gasteiger partial charge in [0.15, 0.2) is 0 Å². The van der Waals surface area contributed by atoms with E-state index < -0.39 is 12.0 Å². The third-order valence-corrected chi connectivity index (χ3v) is 3.22. The predicted molar refractivity (Wildman–Crippen MR) is 57.6 cm³/mol. The minimum atomic E-state index is -1.22. The standard InChI is InChI=1S/C10H9NO4S.Na/c12-5-1-2-6(8(13)3-5)9-11-7(4-16-9)10(14)15;/h1-3,7,12-13H,4H2,(H,14,15);/q;+1/p-1. The second-order valence-electron chi connectivity index (χ2n) is 3.28. The van der Waals surface area contributed by atoms with Crippen LogP contribution in [0.5, 0.6) is 11.5 Å². The smallest absolute Gasteiger partial charge is 0.548 e. The van der Waals surface area contributed by atoms with Crippen LogP contribution in [0.3, 0.4) is 0 Å². The molecule has 1 aliphatic heterocycles. The van der Waals surface area contributed by atoms with Gasteiger partial charge >= 0.3 is 29.6 Å². The van der Waals surface area contributed by atoms with Crippen LogP contribution < -0.4 is 34.7 Å². The average molecular weight is 261 g/mol. The minimum absolute atomic E-state index is 0. The van der Waals surface area contributed by atoms with Crippen molar-refractivity contribution in [2.75, 3.05) is 5.75 Å². The van der Waals surface area contributed by atoms with Crippen LogP contribution in [0.15, 0.2) is 23.2 Å². The van der Waals surface area contributed by atoms with Gasteiger partial charge in [0.25, 0.3) is 0 Å². The molecule has 0 spiro atoms. The third kappa shape index (κ3) is 3.16. The number of nitrogens with zero attached hydrogens (tertiary/aromatic N) is 1. The van der Waals surface area contributed by atoms with E-state index in [0.29, 0.717) is 16.4 Å². The van der Waals surface area contributed by atoms with Crippen molar-refractivity contribution < 1.29 is 49.7 Å². The van der Waals surface area contributed by atoms with Gasteiger partial charge in [-0.25, -0.2) is 0 Å². The first kappa shape index (κ1) is 14.4. The zero-order valence-corrected chi connectivity index (χ0v) is 11.9. The van der Waals surface area contributed by atoms with Crippen molar-refractivity contribution in [3.63, 3.8) is 0 Å². The first-order valence-corrected chi connectivity index (χ1v) is 5.50. The number of aliphatic carboxylic acids is 1. The second-order valence-corrected chi connectivity index (χ2v) is 4.29. The zero-order valence-electron chi connectivity index (χ0n) is 9.08. The van der Waals surface area contributed by atoms with Crippen LogP contribution in [0.25, 0.3) is 0 Å². The molecule has 17 heavy (non-hydrogen) atoms. The maximum Gasteiger partial charge on any atom is 1.00 e. The molecule has 0 bridgehead atoms. The van der Waals surface area contributed by atoms with Crippen LogP contribution in [-0.4, -0.2) is 33.0 Å². The molecule has 7 heteroatoms. The Morgan fingerprint density at radius 3 is 2.71 bits per heavy atom. The molecule has 0 saturated carbocycles. The molecular weight excluding hydrogens is 253 g/mol. The molecule has 1 unspecified atom stereocenters. The van der Waals surface area contributed by atoms with Gasteiger partial charge in [0.1, 0.15) is 22.6 Å². The van der Waals surface area contributed by atoms with Crippen molar-refractivity contribution in [2.45, 2.75) is 6.04 Å². The van der Waals surface area contributed by atoms with E-state index in [-0.39, 0.29) is 41.1 Å². The first-order chi connectivity index (χ1) is 7.58. The molecule has 0 aromatic heterocycles. The number of hydrogen-bond acceptors (Lipinski definition) is 6. The fourth-order valence-corrected chi connectivity index (χ4v) is 2.40. The molecule has 0 amide bonds. The van der Waals surface area contributed by atoms with Crippen LogP contribution in [0.1, 0.15) is 5.56 Å². The Balaban J connectivity index is 0.00000144. The normalized spacial score (nSPS) is 18.4. The number of aliphatic imine (C=N–C) groups is 1. The number of aromatic hydroxyl groups is 2. The van der Waals surface area contributed by atoms with Crippen molar-refractivity contribution in [1.29, 1.82) is 0 Å². The predicted octanol–water partition coefficient (Wildman–Crippen LogP) is -3.29. The number of hydrogen-bond donors (Lipinski definition) is 2. The van der Waals surface area contributed by atoms with Gasteiger partial charge in [-0.05, 0) is 12.1 Å². The Kier molecular flexibility index (Phi) is 4.88. The summed E-state index contributed by atoms with van der Waals surface area (Å²) >= 11 is 1.24. The van der Waals surface area contributed by atoms with E-state index in [4.69, 9.17) is 5.11 Å². The number of phenols is 2. The monoisotopic (exact) mass is 261 g/mol. The van der Waals surface area contributed by atoms with E-state index in [2.05, 4.69) is 4.99 Å². The molecule has 84 valence electrons. The Labute approximate surface area is 124 Å². The summed E-state index contributed by atoms with van der Waals surface area (Å²) in [5.74, 6) is -1.09. The molecule has 1 aliphatic rings. The van der Waals surface area contributed by atoms with Gasteiger partial charge in [-0.15, -0.1) is 11.8 Å². The van der Waals surface area contributed by atoms with Gasteiger partial charge in [0, 0.05) is 17.4 Å². The van der Waals surface area contributed by atoms with Gasteiger partial charge in [-0.1, -0.05) is 0 Å². The second kappa shape index (κ2) is 5.77. The summed E-state index contributed by atoms with van der Waals surface area (Å²) in [4.78, 5) is 14.5. The van der Waals surface area contributed by atoms with Crippen molar-refractivity contribution in [3.05, 3.63) is 23.8 Å². The van der Waals surface area contributed by atoms with Gasteiger partial charge in [-0.3, -0.25) is 4.99 Å². The van der Waals surface area contributed by atoms with E-state index in [1.807, 2.05) is 0 Å². The van der Waals surface area contributed by atoms with Crippen LogP contribution in [-0.2, 0) is 4.79 Å². The molecule has 5 nitrogen and oxygen atoms in total. The summed E-state index contributed by atoms with van der Waals surface area (Å²) in [6, 6.07) is 3.22. The first-order valence-electron chi connectivity index (χ1n) is 4.52. The molecule has 2 rings (SSSR count). The Bertz CT molecular complexity index is 477. The van der Waals surface area contributed by atoms with Crippen LogP contribution >= 0.6 is 11.8 Å². The summed E-state index contributed by atoms with van der Waals surface area (Å²) in [6.45, 7) is 0. The largest absolute Gasteiger partial charge is 1.00 e. The van der Waals surface area contributed by atoms with Gasteiger partial charge in [0.2, 0.25) is 0 Å². The minimum Gasteiger partial charge on any atom is -0.548 e. The van der Waals surface area contributed by atoms with Crippen molar-refractivity contribution >= 4 is 22.8 Å². The number of thioether (sulfide) groups is 1. The van der Waals surface area contributed by atoms with Crippen LogP contribution in [0.2, 0.25) is 0 Å². The van der Waals surface area contributed by atoms with Gasteiger partial charge < -0.3 is 20.1 Å². The van der Waals surface area contributed by atoms with Crippen molar-refractivity contribution in [3.8, 4) is 11.5 Å². The van der Waals surface area contributed by atoms with E-state index in [1.54, 1.807) is 0 Å². The number of carboxylic acids is 1. The number of carbonyl (C=O) groups is 1. The molecule has 1 aromatic rings. The van der Waals surface area contributed by atoms with Gasteiger partial charge in [-0.2, -0.15) is 0 Å². The summed E-state index contributed by atoms with van der Waals surface area (Å²) < 4.78 is 0. The Morgan fingerprint density at radius 1 is 1.47 bits per heavy atom. The maximum absolute atomic E-state index is 10.6. The van der Waals surface area contributed by atoms with Crippen molar-refractivity contribution in [1.82, 2.24) is 0 Å². The molecule has 0 fully saturated rings. The SMILES string of the molecule is O=C([O-])C1CSC(c2ccc(O)cc2O)=N1.[Na+]. The molecule has 1 atom stereocenters. The topological polar surface area (TPSA) is 93.0 Å². The maximum atomic E-state index is 10.6. The van der Waals surface area contributed by atoms with Crippen molar-refractivity contribution in [2.24, 2.45) is 4.99 Å². The summed E-state index contributed by atoms with van der Waals surface area (Å²) in [5.41, 5.74) is 0.423. The Morgan fingerprint density at radius 2 is 2.18 bits per heavy atom. The fraction of sp³-hybridized carbons (Fsp3) is 0.200. The van der Waals surface area contributed by atoms with E-state index in [0.717, 1.165) is 0 Å². The Hall–Kier alpha value is -0.690. The van der Waals surface area contributed by atoms with Gasteiger partial charge in [0.05, 0.1) is 5.97 Å². The molecule has 0 aliphatic carbocycles. The summed E-state index contributed by atoms with van der Waals surface area (Å²) in [5, 5.41) is 29.7. The van der Waals surface area contributed by atoms with E-state index in [9.17, 15) is 15.0 Å². The number of benzene rings is 1. The summed E-state index contributed by atoms with van der Waals surface area (Å²) in [6.07, 6.45) is 0. The zero-order chi connectivity index (χ0) is 11.7. The molecular formula is C10H8NNaO4S. The summed E-state index contributed by atoms with van der Waals surface area (Å²) in [7, 11) is 0. The number of carboxylic acid groups (broad SMARTS) is 1. The number of phenolic OH excluding ortho intramolecular Hbond substituents is 2. The molecule has 1 aromatic carbocycles. The quantitative estimate of drug-likeness (QED) is 0.544. The number of carbonyl (C=O) groups excluding carboxylic acids is 1. The van der Waals surface area contributed by atoms with E-state index >= 15 is 0 Å². The number of rotatable bonds is 2. The molecule has 2 N–H and O–H groups in total. The van der Waals surface area contributed by atoms with Crippen LogP contribution in [0.4, 0.5) is 0 Å². The van der Waals surface area contributed by atoms with Crippen LogP contribution in [0, 0.1) is 0 Å². The third-order valence-electron chi connectivity index (χ3n) is 2.13.